The molecule has 3 aromatic heterocycles. The number of nitrogens with one attached hydrogen (secondary N) is 1. The van der Waals surface area contributed by atoms with Crippen LogP contribution in [0.5, 0.6) is 0 Å². The smallest absolute Gasteiger partial charge is 0.178 e. The molecule has 0 amide bonds. The van der Waals surface area contributed by atoms with Crippen LogP contribution < -0.4 is 5.32 Å². The number of rotatable bonds is 4. The first-order chi connectivity index (χ1) is 9.22. The Kier molecular flexibility index (Phi) is 2.86. The first-order valence-electron chi connectivity index (χ1n) is 6.14. The average molecular weight is 257 g/mol. The quantitative estimate of drug-likeness (QED) is 0.756. The first-order valence-corrected chi connectivity index (χ1v) is 6.14. The van der Waals surface area contributed by atoms with Crippen LogP contribution in [0.2, 0.25) is 0 Å². The highest BCUT2D eigenvalue weighted by Gasteiger charge is 2.03. The molecule has 3 rings (SSSR count). The predicted molar refractivity (Wildman–Crippen MR) is 71.0 cm³/mol. The number of aryl methyl sites for hydroxylation is 2. The van der Waals surface area contributed by atoms with Crippen LogP contribution in [0.25, 0.3) is 5.65 Å². The summed E-state index contributed by atoms with van der Waals surface area (Å²) in [6.45, 7) is 5.47. The molecule has 7 nitrogen and oxygen atoms in total. The summed E-state index contributed by atoms with van der Waals surface area (Å²) in [6.07, 6.45) is 3.87. The lowest BCUT2D eigenvalue weighted by atomic mass is 10.4. The zero-order valence-corrected chi connectivity index (χ0v) is 10.9. The maximum Gasteiger partial charge on any atom is 0.178 e. The minimum atomic E-state index is 0.755. The van der Waals surface area contributed by atoms with Crippen molar-refractivity contribution in [3.8, 4) is 0 Å². The van der Waals surface area contributed by atoms with Crippen LogP contribution in [-0.4, -0.2) is 36.1 Å². The minimum absolute atomic E-state index is 0.755. The summed E-state index contributed by atoms with van der Waals surface area (Å²) < 4.78 is 3.63. The van der Waals surface area contributed by atoms with Gasteiger partial charge in [-0.3, -0.25) is 4.68 Å². The molecule has 3 aromatic rings. The molecule has 3 heterocycles. The Morgan fingerprint density at radius 1 is 1.21 bits per heavy atom. The van der Waals surface area contributed by atoms with Gasteiger partial charge in [-0.1, -0.05) is 0 Å². The third-order valence-electron chi connectivity index (χ3n) is 2.83. The minimum Gasteiger partial charge on any atom is -0.367 e. The average Bonchev–Trinajstić information content (AvgIpc) is 2.97. The number of fused-ring (bicyclic) bond motifs is 1. The van der Waals surface area contributed by atoms with Crippen LogP contribution in [-0.2, 0) is 6.54 Å². The van der Waals surface area contributed by atoms with Gasteiger partial charge < -0.3 is 5.32 Å². The van der Waals surface area contributed by atoms with E-state index in [-0.39, 0.29) is 0 Å². The van der Waals surface area contributed by atoms with E-state index < -0.39 is 0 Å². The van der Waals surface area contributed by atoms with Gasteiger partial charge in [-0.25, -0.2) is 0 Å². The van der Waals surface area contributed by atoms with Crippen molar-refractivity contribution < 1.29 is 0 Å². The number of aromatic nitrogens is 6. The Morgan fingerprint density at radius 2 is 2.11 bits per heavy atom. The highest BCUT2D eigenvalue weighted by Crippen LogP contribution is 2.06. The van der Waals surface area contributed by atoms with Crippen molar-refractivity contribution in [3.05, 3.63) is 35.9 Å². The van der Waals surface area contributed by atoms with Gasteiger partial charge in [0.2, 0.25) is 0 Å². The molecule has 1 N–H and O–H groups in total. The van der Waals surface area contributed by atoms with Gasteiger partial charge in [-0.05, 0) is 31.5 Å². The van der Waals surface area contributed by atoms with E-state index in [1.807, 2.05) is 43.1 Å². The van der Waals surface area contributed by atoms with E-state index in [9.17, 15) is 0 Å². The Balaban J connectivity index is 1.66. The van der Waals surface area contributed by atoms with Gasteiger partial charge in [-0.2, -0.15) is 9.61 Å². The molecule has 0 aliphatic heterocycles. The molecule has 0 bridgehead atoms. The fraction of sp³-hybridized carbons (Fsp3) is 0.333. The molecular formula is C12H15N7. The molecule has 19 heavy (non-hydrogen) atoms. The third-order valence-corrected chi connectivity index (χ3v) is 2.83. The third kappa shape index (κ3) is 2.40. The summed E-state index contributed by atoms with van der Waals surface area (Å²) >= 11 is 0. The molecule has 0 spiro atoms. The lowest BCUT2D eigenvalue weighted by Crippen LogP contribution is -2.12. The molecule has 0 unspecified atom stereocenters. The van der Waals surface area contributed by atoms with E-state index in [1.165, 1.54) is 5.56 Å². The van der Waals surface area contributed by atoms with E-state index >= 15 is 0 Å². The first kappa shape index (κ1) is 11.6. The Bertz CT molecular complexity index is 697. The molecule has 0 radical (unpaired) electrons. The molecule has 0 aliphatic carbocycles. The van der Waals surface area contributed by atoms with Gasteiger partial charge in [0.1, 0.15) is 5.82 Å². The van der Waals surface area contributed by atoms with E-state index in [1.54, 1.807) is 4.52 Å². The fourth-order valence-corrected chi connectivity index (χ4v) is 1.88. The maximum atomic E-state index is 4.42. The summed E-state index contributed by atoms with van der Waals surface area (Å²) in [7, 11) is 0. The summed E-state index contributed by atoms with van der Waals surface area (Å²) in [4.78, 5) is 0. The summed E-state index contributed by atoms with van der Waals surface area (Å²) in [5.41, 5.74) is 1.92. The fourth-order valence-electron chi connectivity index (χ4n) is 1.88. The van der Waals surface area contributed by atoms with Crippen molar-refractivity contribution in [1.82, 2.24) is 29.6 Å². The van der Waals surface area contributed by atoms with Crippen LogP contribution in [0.15, 0.2) is 24.5 Å². The standard InChI is InChI=1S/C12H15N7/c1-9-7-14-18(8-9)6-5-13-11-3-4-12-16-15-10(2)19(12)17-11/h3-4,7-8H,5-6H2,1-2H3,(H,13,17). The van der Waals surface area contributed by atoms with Gasteiger partial charge in [0.15, 0.2) is 11.5 Å². The van der Waals surface area contributed by atoms with Crippen LogP contribution in [0.4, 0.5) is 5.82 Å². The molecule has 0 aliphatic rings. The van der Waals surface area contributed by atoms with Crippen molar-refractivity contribution in [2.45, 2.75) is 20.4 Å². The molecule has 0 atom stereocenters. The topological polar surface area (TPSA) is 72.9 Å². The van der Waals surface area contributed by atoms with E-state index in [0.717, 1.165) is 30.4 Å². The maximum absolute atomic E-state index is 4.42. The second-order valence-electron chi connectivity index (χ2n) is 4.44. The van der Waals surface area contributed by atoms with Crippen LogP contribution in [0, 0.1) is 13.8 Å². The normalized spacial score (nSPS) is 11.1. The van der Waals surface area contributed by atoms with E-state index in [4.69, 9.17) is 0 Å². The van der Waals surface area contributed by atoms with Crippen LogP contribution >= 0.6 is 0 Å². The van der Waals surface area contributed by atoms with Gasteiger partial charge >= 0.3 is 0 Å². The summed E-state index contributed by atoms with van der Waals surface area (Å²) in [6, 6.07) is 3.80. The second kappa shape index (κ2) is 4.68. The van der Waals surface area contributed by atoms with Crippen molar-refractivity contribution in [1.29, 1.82) is 0 Å². The highest BCUT2D eigenvalue weighted by molar-refractivity contribution is 5.43. The Morgan fingerprint density at radius 3 is 2.89 bits per heavy atom. The number of hydrogen-bond donors (Lipinski definition) is 1. The lowest BCUT2D eigenvalue weighted by Gasteiger charge is -2.06. The molecule has 0 fully saturated rings. The number of nitrogens with zero attached hydrogens (tertiary/aromatic N) is 6. The number of hydrogen-bond acceptors (Lipinski definition) is 5. The Labute approximate surface area is 110 Å². The van der Waals surface area contributed by atoms with Gasteiger partial charge in [0.05, 0.1) is 12.7 Å². The lowest BCUT2D eigenvalue weighted by molar-refractivity contribution is 0.636. The van der Waals surface area contributed by atoms with Gasteiger partial charge in [0.25, 0.3) is 0 Å². The molecule has 0 aromatic carbocycles. The zero-order chi connectivity index (χ0) is 13.2. The molecule has 7 heteroatoms. The molecule has 0 saturated heterocycles. The van der Waals surface area contributed by atoms with Crippen LogP contribution in [0.1, 0.15) is 11.4 Å². The SMILES string of the molecule is Cc1cnn(CCNc2ccc3nnc(C)n3n2)c1. The van der Waals surface area contributed by atoms with Crippen molar-refractivity contribution in [2.24, 2.45) is 0 Å². The molecule has 0 saturated carbocycles. The molecule has 98 valence electrons. The summed E-state index contributed by atoms with van der Waals surface area (Å²) in [5, 5.41) is 19.9. The van der Waals surface area contributed by atoms with Crippen molar-refractivity contribution in [3.63, 3.8) is 0 Å². The predicted octanol–water partition coefficient (Wildman–Crippen LogP) is 1.05. The van der Waals surface area contributed by atoms with Crippen molar-refractivity contribution >= 4 is 11.5 Å². The number of anilines is 1. The highest BCUT2D eigenvalue weighted by atomic mass is 15.4. The largest absolute Gasteiger partial charge is 0.367 e. The van der Waals surface area contributed by atoms with E-state index in [2.05, 4.69) is 25.7 Å². The van der Waals surface area contributed by atoms with Gasteiger partial charge in [-0.15, -0.1) is 15.3 Å². The Hall–Kier alpha value is -2.44. The summed E-state index contributed by atoms with van der Waals surface area (Å²) in [5.74, 6) is 1.58. The van der Waals surface area contributed by atoms with Gasteiger partial charge in [0, 0.05) is 12.7 Å². The van der Waals surface area contributed by atoms with E-state index in [0.29, 0.717) is 0 Å². The monoisotopic (exact) mass is 257 g/mol. The second-order valence-corrected chi connectivity index (χ2v) is 4.44. The zero-order valence-electron chi connectivity index (χ0n) is 10.9. The molecular weight excluding hydrogens is 242 g/mol. The van der Waals surface area contributed by atoms with Crippen LogP contribution in [0.3, 0.4) is 0 Å². The van der Waals surface area contributed by atoms with Crippen molar-refractivity contribution in [2.75, 3.05) is 11.9 Å².